The minimum Gasteiger partial charge on any atom is -0.383 e. The monoisotopic (exact) mass is 394 g/mol. The van der Waals surface area contributed by atoms with Crippen LogP contribution in [0.4, 0.5) is 0 Å². The molecule has 1 aromatic heterocycles. The van der Waals surface area contributed by atoms with Crippen molar-refractivity contribution in [1.82, 2.24) is 20.1 Å². The van der Waals surface area contributed by atoms with Gasteiger partial charge in [-0.05, 0) is 46.1 Å². The van der Waals surface area contributed by atoms with E-state index in [4.69, 9.17) is 4.74 Å². The summed E-state index contributed by atoms with van der Waals surface area (Å²) in [5, 5.41) is 4.26. The molecule has 2 fully saturated rings. The summed E-state index contributed by atoms with van der Waals surface area (Å²) < 4.78 is 5.02. The number of hydrogen-bond donors (Lipinski definition) is 1. The van der Waals surface area contributed by atoms with E-state index < -0.39 is 0 Å². The number of piperidine rings is 2. The summed E-state index contributed by atoms with van der Waals surface area (Å²) in [6.07, 6.45) is 4.53. The molecule has 0 aromatic carbocycles. The van der Waals surface area contributed by atoms with Crippen LogP contribution in [0.2, 0.25) is 0 Å². The van der Waals surface area contributed by atoms with E-state index in [0.29, 0.717) is 19.2 Å². The van der Waals surface area contributed by atoms with Crippen molar-refractivity contribution in [3.05, 3.63) is 15.6 Å². The van der Waals surface area contributed by atoms with Gasteiger partial charge < -0.3 is 10.1 Å². The number of aromatic nitrogens is 1. The summed E-state index contributed by atoms with van der Waals surface area (Å²) in [5.74, 6) is 0.332. The molecule has 152 valence electrons. The zero-order valence-electron chi connectivity index (χ0n) is 17.0. The Labute approximate surface area is 167 Å². The molecule has 0 radical (unpaired) electrons. The number of ether oxygens (including phenoxy) is 1. The molecular weight excluding hydrogens is 360 g/mol. The Hall–Kier alpha value is -1.02. The zero-order valence-corrected chi connectivity index (χ0v) is 17.8. The molecule has 7 heteroatoms. The van der Waals surface area contributed by atoms with E-state index in [0.717, 1.165) is 45.6 Å². The zero-order chi connectivity index (χ0) is 19.2. The fraction of sp³-hybridized carbons (Fsp3) is 0.800. The molecule has 27 heavy (non-hydrogen) atoms. The van der Waals surface area contributed by atoms with Crippen LogP contribution < -0.4 is 5.32 Å². The molecule has 0 aliphatic carbocycles. The van der Waals surface area contributed by atoms with Crippen LogP contribution in [-0.2, 0) is 16.1 Å². The molecule has 0 unspecified atom stereocenters. The Morgan fingerprint density at radius 1 is 1.26 bits per heavy atom. The summed E-state index contributed by atoms with van der Waals surface area (Å²) in [6.45, 7) is 10.7. The first-order chi connectivity index (χ1) is 13.1. The molecule has 0 spiro atoms. The van der Waals surface area contributed by atoms with Gasteiger partial charge in [-0.25, -0.2) is 4.98 Å². The second kappa shape index (κ2) is 9.96. The minimum atomic E-state index is 0.134. The van der Waals surface area contributed by atoms with E-state index in [2.05, 4.69) is 33.9 Å². The van der Waals surface area contributed by atoms with Crippen molar-refractivity contribution in [1.29, 1.82) is 0 Å². The minimum absolute atomic E-state index is 0.134. The van der Waals surface area contributed by atoms with Gasteiger partial charge in [0.25, 0.3) is 0 Å². The quantitative estimate of drug-likeness (QED) is 0.719. The number of thiazole rings is 1. The molecule has 1 aromatic rings. The number of nitrogens with one attached hydrogen (secondary N) is 1. The van der Waals surface area contributed by atoms with Crippen molar-refractivity contribution in [2.45, 2.75) is 52.1 Å². The van der Waals surface area contributed by atoms with Crippen LogP contribution >= 0.6 is 11.3 Å². The van der Waals surface area contributed by atoms with Crippen LogP contribution in [0, 0.1) is 19.8 Å². The summed E-state index contributed by atoms with van der Waals surface area (Å²) in [5.41, 5.74) is 1.17. The average Bonchev–Trinajstić information content (AvgIpc) is 2.99. The number of carbonyl (C=O) groups excluding carboxylic acids is 1. The lowest BCUT2D eigenvalue weighted by Gasteiger charge is -2.41. The molecule has 3 rings (SSSR count). The van der Waals surface area contributed by atoms with Gasteiger partial charge in [0.2, 0.25) is 5.91 Å². The molecule has 0 saturated carbocycles. The molecule has 1 N–H and O–H groups in total. The van der Waals surface area contributed by atoms with Gasteiger partial charge in [-0.15, -0.1) is 11.3 Å². The summed E-state index contributed by atoms with van der Waals surface area (Å²) in [6, 6.07) is 0.621. The Morgan fingerprint density at radius 3 is 2.70 bits per heavy atom. The third kappa shape index (κ3) is 5.73. The number of likely N-dealkylation sites (tertiary alicyclic amines) is 2. The molecule has 0 bridgehead atoms. The van der Waals surface area contributed by atoms with Gasteiger partial charge in [-0.3, -0.25) is 14.6 Å². The second-order valence-electron chi connectivity index (χ2n) is 7.87. The van der Waals surface area contributed by atoms with Gasteiger partial charge in [-0.1, -0.05) is 0 Å². The maximum atomic E-state index is 12.4. The van der Waals surface area contributed by atoms with Crippen molar-refractivity contribution < 1.29 is 9.53 Å². The number of hydrogen-bond acceptors (Lipinski definition) is 6. The van der Waals surface area contributed by atoms with Crippen molar-refractivity contribution >= 4 is 17.2 Å². The highest BCUT2D eigenvalue weighted by atomic mass is 32.1. The van der Waals surface area contributed by atoms with Crippen LogP contribution in [-0.4, -0.2) is 73.2 Å². The SMILES string of the molecule is COCCNC(=O)[C@H]1CCCN(C2CCN(Cc3nc(C)c(C)s3)CC2)C1. The Kier molecular flexibility index (Phi) is 7.64. The Morgan fingerprint density at radius 2 is 2.04 bits per heavy atom. The third-order valence-electron chi connectivity index (χ3n) is 5.93. The highest BCUT2D eigenvalue weighted by molar-refractivity contribution is 7.11. The fourth-order valence-corrected chi connectivity index (χ4v) is 5.19. The van der Waals surface area contributed by atoms with Crippen molar-refractivity contribution in [2.75, 3.05) is 46.4 Å². The van der Waals surface area contributed by atoms with Gasteiger partial charge in [0.1, 0.15) is 5.01 Å². The van der Waals surface area contributed by atoms with Crippen LogP contribution in [0.1, 0.15) is 41.3 Å². The fourth-order valence-electron chi connectivity index (χ4n) is 4.21. The van der Waals surface area contributed by atoms with Gasteiger partial charge in [0.05, 0.1) is 24.8 Å². The van der Waals surface area contributed by atoms with Gasteiger partial charge >= 0.3 is 0 Å². The Bertz CT molecular complexity index is 594. The number of methoxy groups -OCH3 is 1. The molecule has 3 heterocycles. The van der Waals surface area contributed by atoms with Gasteiger partial charge in [0, 0.05) is 44.2 Å². The predicted octanol–water partition coefficient (Wildman–Crippen LogP) is 2.20. The van der Waals surface area contributed by atoms with Gasteiger partial charge in [0.15, 0.2) is 0 Å². The lowest BCUT2D eigenvalue weighted by atomic mass is 9.93. The standard InChI is InChI=1S/C20H34N4O2S/c1-15-16(2)27-19(22-15)14-23-10-6-18(7-11-23)24-9-4-5-17(13-24)20(25)21-8-12-26-3/h17-18H,4-14H2,1-3H3,(H,21,25)/t17-/m0/s1. The van der Waals surface area contributed by atoms with E-state index in [-0.39, 0.29) is 11.8 Å². The van der Waals surface area contributed by atoms with E-state index in [1.807, 2.05) is 11.3 Å². The topological polar surface area (TPSA) is 57.7 Å². The van der Waals surface area contributed by atoms with Crippen LogP contribution in [0.15, 0.2) is 0 Å². The molecule has 1 amide bonds. The third-order valence-corrected chi connectivity index (χ3v) is 6.99. The van der Waals surface area contributed by atoms with E-state index >= 15 is 0 Å². The predicted molar refractivity (Wildman–Crippen MR) is 109 cm³/mol. The molecule has 2 aliphatic rings. The van der Waals surface area contributed by atoms with Crippen molar-refractivity contribution in [3.63, 3.8) is 0 Å². The average molecular weight is 395 g/mol. The van der Waals surface area contributed by atoms with E-state index in [1.54, 1.807) is 7.11 Å². The lowest BCUT2D eigenvalue weighted by Crippen LogP contribution is -2.50. The van der Waals surface area contributed by atoms with Crippen molar-refractivity contribution in [2.24, 2.45) is 5.92 Å². The summed E-state index contributed by atoms with van der Waals surface area (Å²) in [7, 11) is 1.66. The maximum absolute atomic E-state index is 12.4. The molecular formula is C20H34N4O2S. The first-order valence-electron chi connectivity index (χ1n) is 10.2. The molecule has 1 atom stereocenters. The normalized spacial score (nSPS) is 22.9. The number of amides is 1. The number of nitrogens with zero attached hydrogens (tertiary/aromatic N) is 3. The molecule has 2 aliphatic heterocycles. The second-order valence-corrected chi connectivity index (χ2v) is 9.16. The van der Waals surface area contributed by atoms with Crippen molar-refractivity contribution in [3.8, 4) is 0 Å². The first-order valence-corrected chi connectivity index (χ1v) is 11.0. The van der Waals surface area contributed by atoms with Crippen LogP contribution in [0.25, 0.3) is 0 Å². The molecule has 2 saturated heterocycles. The first kappa shape index (κ1) is 20.7. The Balaban J connectivity index is 1.43. The molecule has 6 nitrogen and oxygen atoms in total. The highest BCUT2D eigenvalue weighted by Crippen LogP contribution is 2.25. The summed E-state index contributed by atoms with van der Waals surface area (Å²) in [4.78, 5) is 23.5. The van der Waals surface area contributed by atoms with E-state index in [9.17, 15) is 4.79 Å². The largest absolute Gasteiger partial charge is 0.383 e. The highest BCUT2D eigenvalue weighted by Gasteiger charge is 2.31. The smallest absolute Gasteiger partial charge is 0.224 e. The number of carbonyl (C=O) groups is 1. The summed E-state index contributed by atoms with van der Waals surface area (Å²) >= 11 is 1.83. The number of rotatable bonds is 7. The maximum Gasteiger partial charge on any atom is 0.224 e. The van der Waals surface area contributed by atoms with E-state index in [1.165, 1.54) is 28.4 Å². The van der Waals surface area contributed by atoms with Crippen LogP contribution in [0.3, 0.4) is 0 Å². The number of aryl methyl sites for hydroxylation is 2. The van der Waals surface area contributed by atoms with Crippen LogP contribution in [0.5, 0.6) is 0 Å². The van der Waals surface area contributed by atoms with Gasteiger partial charge in [-0.2, -0.15) is 0 Å². The lowest BCUT2D eigenvalue weighted by molar-refractivity contribution is -0.127.